The standard InChI is InChI=1S/C17H25F2N/c1-3-11-20-15(17(2)9-4-5-10-17)12-13-7-6-8-14(18)16(13)19/h6-8,15,20H,3-5,9-12H2,1-2H3. The van der Waals surface area contributed by atoms with Gasteiger partial charge in [0, 0.05) is 6.04 Å². The summed E-state index contributed by atoms with van der Waals surface area (Å²) in [6.07, 6.45) is 6.45. The van der Waals surface area contributed by atoms with E-state index in [1.807, 2.05) is 0 Å². The molecule has 0 spiro atoms. The minimum absolute atomic E-state index is 0.202. The Balaban J connectivity index is 2.16. The van der Waals surface area contributed by atoms with Crippen LogP contribution in [0.25, 0.3) is 0 Å². The van der Waals surface area contributed by atoms with Crippen molar-refractivity contribution in [3.05, 3.63) is 35.4 Å². The highest BCUT2D eigenvalue weighted by Gasteiger charge is 2.36. The molecule has 0 aromatic heterocycles. The molecular weight excluding hydrogens is 256 g/mol. The number of rotatable bonds is 6. The molecule has 1 nitrogen and oxygen atoms in total. The van der Waals surface area contributed by atoms with E-state index in [-0.39, 0.29) is 11.5 Å². The van der Waals surface area contributed by atoms with Crippen LogP contribution < -0.4 is 5.32 Å². The predicted molar refractivity (Wildman–Crippen MR) is 78.7 cm³/mol. The number of hydrogen-bond acceptors (Lipinski definition) is 1. The molecule has 1 aromatic rings. The van der Waals surface area contributed by atoms with Gasteiger partial charge in [0.2, 0.25) is 0 Å². The Morgan fingerprint density at radius 3 is 2.60 bits per heavy atom. The monoisotopic (exact) mass is 281 g/mol. The van der Waals surface area contributed by atoms with Crippen LogP contribution in [0.5, 0.6) is 0 Å². The first-order valence-corrected chi connectivity index (χ1v) is 7.73. The molecule has 1 saturated carbocycles. The first kappa shape index (κ1) is 15.4. The Morgan fingerprint density at radius 2 is 1.95 bits per heavy atom. The third kappa shape index (κ3) is 3.38. The van der Waals surface area contributed by atoms with Crippen LogP contribution in [0.2, 0.25) is 0 Å². The van der Waals surface area contributed by atoms with Gasteiger partial charge in [-0.15, -0.1) is 0 Å². The largest absolute Gasteiger partial charge is 0.313 e. The average molecular weight is 281 g/mol. The van der Waals surface area contributed by atoms with Crippen molar-refractivity contribution in [3.8, 4) is 0 Å². The molecule has 0 bridgehead atoms. The summed E-state index contributed by atoms with van der Waals surface area (Å²) in [4.78, 5) is 0. The van der Waals surface area contributed by atoms with E-state index in [1.54, 1.807) is 12.1 Å². The van der Waals surface area contributed by atoms with E-state index < -0.39 is 11.6 Å². The summed E-state index contributed by atoms with van der Waals surface area (Å²) in [6, 6.07) is 4.71. The smallest absolute Gasteiger partial charge is 0.162 e. The summed E-state index contributed by atoms with van der Waals surface area (Å²) in [7, 11) is 0. The van der Waals surface area contributed by atoms with E-state index in [1.165, 1.54) is 31.7 Å². The van der Waals surface area contributed by atoms with Gasteiger partial charge in [-0.1, -0.05) is 38.8 Å². The zero-order valence-electron chi connectivity index (χ0n) is 12.5. The Labute approximate surface area is 120 Å². The summed E-state index contributed by atoms with van der Waals surface area (Å²) in [5.41, 5.74) is 0.695. The molecule has 1 aromatic carbocycles. The highest BCUT2D eigenvalue weighted by atomic mass is 19.2. The van der Waals surface area contributed by atoms with Crippen molar-refractivity contribution in [2.75, 3.05) is 6.54 Å². The lowest BCUT2D eigenvalue weighted by Crippen LogP contribution is -2.44. The maximum absolute atomic E-state index is 13.9. The third-order valence-corrected chi connectivity index (χ3v) is 4.68. The number of benzene rings is 1. The molecule has 1 N–H and O–H groups in total. The molecule has 1 aliphatic rings. The molecule has 1 fully saturated rings. The molecule has 112 valence electrons. The molecule has 0 heterocycles. The van der Waals surface area contributed by atoms with Crippen LogP contribution in [0.15, 0.2) is 18.2 Å². The van der Waals surface area contributed by atoms with Crippen molar-refractivity contribution >= 4 is 0 Å². The van der Waals surface area contributed by atoms with E-state index in [9.17, 15) is 8.78 Å². The third-order valence-electron chi connectivity index (χ3n) is 4.68. The summed E-state index contributed by atoms with van der Waals surface area (Å²) in [6.45, 7) is 5.34. The summed E-state index contributed by atoms with van der Waals surface area (Å²) in [5, 5.41) is 3.56. The summed E-state index contributed by atoms with van der Waals surface area (Å²) >= 11 is 0. The fourth-order valence-corrected chi connectivity index (χ4v) is 3.34. The molecule has 0 amide bonds. The summed E-state index contributed by atoms with van der Waals surface area (Å²) in [5.74, 6) is -1.43. The lowest BCUT2D eigenvalue weighted by molar-refractivity contribution is 0.218. The maximum atomic E-state index is 13.9. The molecule has 0 radical (unpaired) electrons. The Bertz CT molecular complexity index is 439. The Kier molecular flexibility index (Phi) is 5.14. The molecule has 3 heteroatoms. The van der Waals surface area contributed by atoms with Crippen LogP contribution in [0.1, 0.15) is 51.5 Å². The lowest BCUT2D eigenvalue weighted by Gasteiger charge is -2.35. The molecule has 0 saturated heterocycles. The van der Waals surface area contributed by atoms with Crippen molar-refractivity contribution in [1.82, 2.24) is 5.32 Å². The minimum atomic E-state index is -0.742. The molecule has 2 rings (SSSR count). The van der Waals surface area contributed by atoms with E-state index in [0.717, 1.165) is 13.0 Å². The van der Waals surface area contributed by atoms with Crippen LogP contribution in [-0.2, 0) is 6.42 Å². The van der Waals surface area contributed by atoms with Gasteiger partial charge in [-0.25, -0.2) is 8.78 Å². The van der Waals surface area contributed by atoms with E-state index in [0.29, 0.717) is 12.0 Å². The van der Waals surface area contributed by atoms with Crippen LogP contribution in [0, 0.1) is 17.0 Å². The highest BCUT2D eigenvalue weighted by molar-refractivity contribution is 5.21. The van der Waals surface area contributed by atoms with E-state index >= 15 is 0 Å². The second-order valence-corrected chi connectivity index (χ2v) is 6.28. The predicted octanol–water partition coefficient (Wildman–Crippen LogP) is 4.46. The second-order valence-electron chi connectivity index (χ2n) is 6.28. The van der Waals surface area contributed by atoms with Crippen LogP contribution >= 0.6 is 0 Å². The van der Waals surface area contributed by atoms with Crippen LogP contribution in [-0.4, -0.2) is 12.6 Å². The molecule has 20 heavy (non-hydrogen) atoms. The Hall–Kier alpha value is -0.960. The van der Waals surface area contributed by atoms with Gasteiger partial charge < -0.3 is 5.32 Å². The minimum Gasteiger partial charge on any atom is -0.313 e. The van der Waals surface area contributed by atoms with Crippen molar-refractivity contribution in [3.63, 3.8) is 0 Å². The van der Waals surface area contributed by atoms with Gasteiger partial charge in [0.15, 0.2) is 11.6 Å². The molecule has 0 aliphatic heterocycles. The normalized spacial score (nSPS) is 19.2. The zero-order valence-corrected chi connectivity index (χ0v) is 12.5. The topological polar surface area (TPSA) is 12.0 Å². The maximum Gasteiger partial charge on any atom is 0.162 e. The van der Waals surface area contributed by atoms with Gasteiger partial charge in [-0.2, -0.15) is 0 Å². The number of halogens is 2. The zero-order chi connectivity index (χ0) is 14.6. The van der Waals surface area contributed by atoms with E-state index in [4.69, 9.17) is 0 Å². The van der Waals surface area contributed by atoms with Gasteiger partial charge in [0.05, 0.1) is 0 Å². The van der Waals surface area contributed by atoms with Crippen molar-refractivity contribution in [1.29, 1.82) is 0 Å². The molecule has 1 atom stereocenters. The molecular formula is C17H25F2N. The van der Waals surface area contributed by atoms with Crippen LogP contribution in [0.3, 0.4) is 0 Å². The van der Waals surface area contributed by atoms with Crippen LogP contribution in [0.4, 0.5) is 8.78 Å². The van der Waals surface area contributed by atoms with Crippen molar-refractivity contribution in [2.45, 2.75) is 58.4 Å². The van der Waals surface area contributed by atoms with Gasteiger partial charge in [0.1, 0.15) is 0 Å². The van der Waals surface area contributed by atoms with Gasteiger partial charge in [0.25, 0.3) is 0 Å². The quantitative estimate of drug-likeness (QED) is 0.812. The number of nitrogens with one attached hydrogen (secondary N) is 1. The first-order chi connectivity index (χ1) is 9.57. The first-order valence-electron chi connectivity index (χ1n) is 7.73. The number of hydrogen-bond donors (Lipinski definition) is 1. The van der Waals surface area contributed by atoms with Gasteiger partial charge in [-0.05, 0) is 49.3 Å². The SMILES string of the molecule is CCCNC(Cc1cccc(F)c1F)C1(C)CCCC1. The lowest BCUT2D eigenvalue weighted by atomic mass is 9.77. The summed E-state index contributed by atoms with van der Waals surface area (Å²) < 4.78 is 27.3. The van der Waals surface area contributed by atoms with Crippen molar-refractivity contribution < 1.29 is 8.78 Å². The van der Waals surface area contributed by atoms with Gasteiger partial charge in [-0.3, -0.25) is 0 Å². The average Bonchev–Trinajstić information content (AvgIpc) is 2.87. The molecule has 1 aliphatic carbocycles. The van der Waals surface area contributed by atoms with Crippen molar-refractivity contribution in [2.24, 2.45) is 5.41 Å². The highest BCUT2D eigenvalue weighted by Crippen LogP contribution is 2.41. The Morgan fingerprint density at radius 1 is 1.25 bits per heavy atom. The van der Waals surface area contributed by atoms with E-state index in [2.05, 4.69) is 19.2 Å². The fourth-order valence-electron chi connectivity index (χ4n) is 3.34. The second kappa shape index (κ2) is 6.66. The fraction of sp³-hybridized carbons (Fsp3) is 0.647. The molecule has 1 unspecified atom stereocenters. The van der Waals surface area contributed by atoms with Gasteiger partial charge >= 0.3 is 0 Å².